The first-order valence-corrected chi connectivity index (χ1v) is 12.6. The molecule has 2 aromatic rings. The van der Waals surface area contributed by atoms with Crippen LogP contribution in [0.2, 0.25) is 0 Å². The van der Waals surface area contributed by atoms with Crippen molar-refractivity contribution in [3.05, 3.63) is 59.7 Å². The highest BCUT2D eigenvalue weighted by atomic mass is 19.1. The zero-order valence-electron chi connectivity index (χ0n) is 21.0. The summed E-state index contributed by atoms with van der Waals surface area (Å²) in [6, 6.07) is 9.42. The Kier molecular flexibility index (Phi) is 8.71. The molecular formula is C26H35FN6O3. The number of aromatic nitrogens is 1. The van der Waals surface area contributed by atoms with Gasteiger partial charge in [0.25, 0.3) is 5.91 Å². The fourth-order valence-corrected chi connectivity index (χ4v) is 4.52. The molecule has 1 fully saturated rings. The minimum absolute atomic E-state index is 0.0957. The highest BCUT2D eigenvalue weighted by molar-refractivity contribution is 6.02. The van der Waals surface area contributed by atoms with Gasteiger partial charge in [0.1, 0.15) is 12.4 Å². The summed E-state index contributed by atoms with van der Waals surface area (Å²) in [6.07, 6.45) is 3.24. The highest BCUT2D eigenvalue weighted by Gasteiger charge is 2.35. The van der Waals surface area contributed by atoms with Gasteiger partial charge < -0.3 is 19.5 Å². The molecule has 1 aromatic heterocycles. The smallest absolute Gasteiger partial charge is 0.317 e. The van der Waals surface area contributed by atoms with Crippen LogP contribution in [0.5, 0.6) is 0 Å². The van der Waals surface area contributed by atoms with Gasteiger partial charge in [-0.2, -0.15) is 5.10 Å². The lowest BCUT2D eigenvalue weighted by molar-refractivity contribution is -0.133. The molecule has 0 radical (unpaired) electrons. The molecule has 1 atom stereocenters. The molecule has 0 bridgehead atoms. The number of amides is 3. The second kappa shape index (κ2) is 12.1. The number of carbonyl (C=O) groups excluding carboxylic acids is 2. The number of rotatable bonds is 9. The van der Waals surface area contributed by atoms with E-state index in [0.717, 1.165) is 36.5 Å². The molecule has 0 spiro atoms. The van der Waals surface area contributed by atoms with Gasteiger partial charge in [0.15, 0.2) is 0 Å². The van der Waals surface area contributed by atoms with E-state index in [1.54, 1.807) is 17.0 Å². The Morgan fingerprint density at radius 3 is 2.61 bits per heavy atom. The van der Waals surface area contributed by atoms with Crippen molar-refractivity contribution < 1.29 is 18.7 Å². The molecule has 3 amide bonds. The van der Waals surface area contributed by atoms with Crippen molar-refractivity contribution in [2.75, 3.05) is 52.5 Å². The van der Waals surface area contributed by atoms with Crippen molar-refractivity contribution in [3.63, 3.8) is 0 Å². The van der Waals surface area contributed by atoms with Crippen molar-refractivity contribution in [2.24, 2.45) is 12.1 Å². The molecular weight excluding hydrogens is 463 g/mol. The van der Waals surface area contributed by atoms with Crippen LogP contribution < -0.4 is 5.32 Å². The lowest BCUT2D eigenvalue weighted by atomic mass is 10.0. The third-order valence-corrected chi connectivity index (χ3v) is 6.59. The number of benzene rings is 1. The maximum atomic E-state index is 13.6. The topological polar surface area (TPSA) is 82.4 Å². The number of ether oxygens (including phenoxy) is 1. The number of halogens is 1. The number of nitrogens with zero attached hydrogens (tertiary/aromatic N) is 5. The summed E-state index contributed by atoms with van der Waals surface area (Å²) in [7, 11) is 1.93. The minimum atomic E-state index is -0.372. The van der Waals surface area contributed by atoms with E-state index in [1.165, 1.54) is 17.1 Å². The van der Waals surface area contributed by atoms with Crippen LogP contribution in [0.25, 0.3) is 0 Å². The van der Waals surface area contributed by atoms with E-state index in [9.17, 15) is 14.0 Å². The Hall–Kier alpha value is -3.24. The molecule has 2 aliphatic heterocycles. The van der Waals surface area contributed by atoms with Crippen LogP contribution in [0.3, 0.4) is 0 Å². The predicted octanol–water partition coefficient (Wildman–Crippen LogP) is 2.60. The summed E-state index contributed by atoms with van der Waals surface area (Å²) in [4.78, 5) is 30.3. The maximum absolute atomic E-state index is 13.6. The Bertz CT molecular complexity index is 1060. The van der Waals surface area contributed by atoms with Gasteiger partial charge in [-0.25, -0.2) is 14.2 Å². The molecule has 194 valence electrons. The summed E-state index contributed by atoms with van der Waals surface area (Å²) in [5.41, 5.74) is 2.50. The molecule has 1 unspecified atom stereocenters. The summed E-state index contributed by atoms with van der Waals surface area (Å²) in [5, 5.41) is 9.06. The standard InChI is InChI=1S/C26H35FN6O3/c1-3-10-28-26(35)32(13-12-31-14-16-36-17-15-31)19-25(34)33-24(20-6-8-21(27)9-7-20)18-22(29-33)23-5-4-11-30(23)2/h4-9,11,24H,3,10,12-19H2,1-2H3,(H,28,35). The van der Waals surface area contributed by atoms with Gasteiger partial charge in [-0.15, -0.1) is 0 Å². The molecule has 0 aliphatic carbocycles. The minimum Gasteiger partial charge on any atom is -0.379 e. The first-order chi connectivity index (χ1) is 17.5. The van der Waals surface area contributed by atoms with Gasteiger partial charge >= 0.3 is 6.03 Å². The molecule has 9 nitrogen and oxygen atoms in total. The first kappa shape index (κ1) is 25.8. The Morgan fingerprint density at radius 1 is 1.19 bits per heavy atom. The lowest BCUT2D eigenvalue weighted by Gasteiger charge is -2.31. The van der Waals surface area contributed by atoms with Crippen LogP contribution in [0.4, 0.5) is 9.18 Å². The second-order valence-electron chi connectivity index (χ2n) is 9.17. The van der Waals surface area contributed by atoms with Crippen LogP contribution in [-0.2, 0) is 16.6 Å². The van der Waals surface area contributed by atoms with Gasteiger partial charge in [-0.3, -0.25) is 9.69 Å². The van der Waals surface area contributed by atoms with Crippen molar-refractivity contribution in [3.8, 4) is 0 Å². The molecule has 10 heteroatoms. The number of aryl methyl sites for hydroxylation is 1. The number of carbonyl (C=O) groups is 2. The van der Waals surface area contributed by atoms with Crippen LogP contribution in [0.15, 0.2) is 47.7 Å². The quantitative estimate of drug-likeness (QED) is 0.576. The molecule has 0 saturated carbocycles. The number of urea groups is 1. The molecule has 36 heavy (non-hydrogen) atoms. The maximum Gasteiger partial charge on any atom is 0.317 e. The zero-order valence-corrected chi connectivity index (χ0v) is 21.0. The third kappa shape index (κ3) is 6.30. The number of hydrogen-bond donors (Lipinski definition) is 1. The van der Waals surface area contributed by atoms with E-state index < -0.39 is 0 Å². The Balaban J connectivity index is 1.53. The molecule has 1 saturated heterocycles. The van der Waals surface area contributed by atoms with Crippen molar-refractivity contribution in [2.45, 2.75) is 25.8 Å². The summed E-state index contributed by atoms with van der Waals surface area (Å²) >= 11 is 0. The molecule has 1 aromatic carbocycles. The van der Waals surface area contributed by atoms with Crippen molar-refractivity contribution >= 4 is 17.6 Å². The van der Waals surface area contributed by atoms with Crippen LogP contribution >= 0.6 is 0 Å². The Morgan fingerprint density at radius 2 is 1.94 bits per heavy atom. The van der Waals surface area contributed by atoms with Gasteiger partial charge in [0.05, 0.1) is 30.7 Å². The second-order valence-corrected chi connectivity index (χ2v) is 9.17. The van der Waals surface area contributed by atoms with E-state index in [-0.39, 0.29) is 30.3 Å². The molecule has 1 N–H and O–H groups in total. The van der Waals surface area contributed by atoms with E-state index >= 15 is 0 Å². The number of nitrogens with one attached hydrogen (secondary N) is 1. The summed E-state index contributed by atoms with van der Waals surface area (Å²) in [5.74, 6) is -0.609. The molecule has 2 aliphatic rings. The van der Waals surface area contributed by atoms with Crippen molar-refractivity contribution in [1.29, 1.82) is 0 Å². The normalized spacial score (nSPS) is 18.2. The summed E-state index contributed by atoms with van der Waals surface area (Å²) in [6.45, 7) is 6.47. The van der Waals surface area contributed by atoms with Crippen LogP contribution in [0, 0.1) is 5.82 Å². The molecule has 3 heterocycles. The number of hydrazone groups is 1. The lowest BCUT2D eigenvalue weighted by Crippen LogP contribution is -2.49. The van der Waals surface area contributed by atoms with E-state index in [2.05, 4.69) is 10.2 Å². The van der Waals surface area contributed by atoms with Crippen LogP contribution in [-0.4, -0.2) is 89.5 Å². The van der Waals surface area contributed by atoms with Gasteiger partial charge in [-0.1, -0.05) is 19.1 Å². The van der Waals surface area contributed by atoms with E-state index in [1.807, 2.05) is 36.9 Å². The summed E-state index contributed by atoms with van der Waals surface area (Å²) < 4.78 is 21.0. The average Bonchev–Trinajstić information content (AvgIpc) is 3.52. The number of hydrogen-bond acceptors (Lipinski definition) is 5. The van der Waals surface area contributed by atoms with Gasteiger partial charge in [-0.05, 0) is 36.2 Å². The fraction of sp³-hybridized carbons (Fsp3) is 0.500. The zero-order chi connectivity index (χ0) is 25.5. The van der Waals surface area contributed by atoms with Crippen molar-refractivity contribution in [1.82, 2.24) is 24.7 Å². The first-order valence-electron chi connectivity index (χ1n) is 12.6. The molecule has 4 rings (SSSR count). The van der Waals surface area contributed by atoms with Gasteiger partial charge in [0, 0.05) is 52.4 Å². The Labute approximate surface area is 211 Å². The van der Waals surface area contributed by atoms with E-state index in [4.69, 9.17) is 9.84 Å². The predicted molar refractivity (Wildman–Crippen MR) is 135 cm³/mol. The monoisotopic (exact) mass is 498 g/mol. The van der Waals surface area contributed by atoms with Gasteiger partial charge in [0.2, 0.25) is 0 Å². The average molecular weight is 499 g/mol. The third-order valence-electron chi connectivity index (χ3n) is 6.59. The SMILES string of the molecule is CCCNC(=O)N(CCN1CCOCC1)CC(=O)N1N=C(c2cccn2C)CC1c1ccc(F)cc1. The highest BCUT2D eigenvalue weighted by Crippen LogP contribution is 2.33. The number of morpholine rings is 1. The fourth-order valence-electron chi connectivity index (χ4n) is 4.52. The van der Waals surface area contributed by atoms with Crippen LogP contribution in [0.1, 0.15) is 37.1 Å². The van der Waals surface area contributed by atoms with E-state index in [0.29, 0.717) is 39.3 Å². The largest absolute Gasteiger partial charge is 0.379 e.